The Morgan fingerprint density at radius 2 is 1.97 bits per heavy atom. The number of benzene rings is 1. The van der Waals surface area contributed by atoms with Gasteiger partial charge in [-0.2, -0.15) is 5.10 Å². The second-order valence-electron chi connectivity index (χ2n) is 9.09. The van der Waals surface area contributed by atoms with Crippen LogP contribution in [0.4, 0.5) is 0 Å². The fraction of sp³-hybridized carbons (Fsp3) is 0.400. The van der Waals surface area contributed by atoms with Crippen LogP contribution >= 0.6 is 0 Å². The van der Waals surface area contributed by atoms with Crippen molar-refractivity contribution in [1.82, 2.24) is 24.5 Å². The van der Waals surface area contributed by atoms with Gasteiger partial charge >= 0.3 is 0 Å². The third-order valence-corrected chi connectivity index (χ3v) is 6.70. The van der Waals surface area contributed by atoms with Crippen molar-refractivity contribution >= 4 is 22.5 Å². The zero-order valence-corrected chi connectivity index (χ0v) is 18.6. The Morgan fingerprint density at radius 3 is 2.68 bits per heavy atom. The standard InChI is InChI=1S/C25H29N5O/c1-15(2)23-21-12-19(18-7-9-29(10-8-18)17(4)31)5-6-22(21)28-24(23)20-11-16(3)25-26-14-27-30(25)13-20/h5-6,11-15,18,28H,7-10H2,1-4H3. The van der Waals surface area contributed by atoms with Gasteiger partial charge in [-0.15, -0.1) is 0 Å². The molecule has 6 heteroatoms. The van der Waals surface area contributed by atoms with E-state index >= 15 is 0 Å². The average Bonchev–Trinajstić information content (AvgIpc) is 3.38. The molecule has 160 valence electrons. The number of aryl methyl sites for hydroxylation is 1. The molecule has 0 aliphatic carbocycles. The maximum absolute atomic E-state index is 11.7. The van der Waals surface area contributed by atoms with Gasteiger partial charge in [0.15, 0.2) is 5.65 Å². The molecule has 4 aromatic rings. The predicted octanol–water partition coefficient (Wildman–Crippen LogP) is 5.04. The van der Waals surface area contributed by atoms with Crippen molar-refractivity contribution in [1.29, 1.82) is 0 Å². The molecule has 1 aliphatic rings. The van der Waals surface area contributed by atoms with Crippen molar-refractivity contribution < 1.29 is 4.79 Å². The summed E-state index contributed by atoms with van der Waals surface area (Å²) in [4.78, 5) is 21.7. The molecule has 5 rings (SSSR count). The van der Waals surface area contributed by atoms with Crippen molar-refractivity contribution in [3.8, 4) is 11.3 Å². The van der Waals surface area contributed by atoms with E-state index < -0.39 is 0 Å². The number of carbonyl (C=O) groups is 1. The van der Waals surface area contributed by atoms with Gasteiger partial charge in [0.2, 0.25) is 5.91 Å². The van der Waals surface area contributed by atoms with E-state index in [0.717, 1.165) is 48.4 Å². The normalized spacial score (nSPS) is 15.5. The lowest BCUT2D eigenvalue weighted by atomic mass is 9.87. The van der Waals surface area contributed by atoms with Crippen molar-refractivity contribution in [2.45, 2.75) is 52.4 Å². The summed E-state index contributed by atoms with van der Waals surface area (Å²) in [6.45, 7) is 9.96. The largest absolute Gasteiger partial charge is 0.354 e. The summed E-state index contributed by atoms with van der Waals surface area (Å²) in [5.41, 5.74) is 8.19. The van der Waals surface area contributed by atoms with Gasteiger partial charge in [-0.1, -0.05) is 19.9 Å². The summed E-state index contributed by atoms with van der Waals surface area (Å²) in [7, 11) is 0. The number of aromatic nitrogens is 4. The number of piperidine rings is 1. The number of nitrogens with one attached hydrogen (secondary N) is 1. The van der Waals surface area contributed by atoms with Gasteiger partial charge in [-0.3, -0.25) is 4.79 Å². The van der Waals surface area contributed by atoms with E-state index in [2.05, 4.69) is 66.3 Å². The van der Waals surface area contributed by atoms with Crippen LogP contribution in [0, 0.1) is 6.92 Å². The molecule has 1 fully saturated rings. The quantitative estimate of drug-likeness (QED) is 0.510. The minimum atomic E-state index is 0.186. The van der Waals surface area contributed by atoms with Crippen LogP contribution in [0.1, 0.15) is 62.1 Å². The van der Waals surface area contributed by atoms with Gasteiger partial charge in [0, 0.05) is 42.7 Å². The summed E-state index contributed by atoms with van der Waals surface area (Å²) in [6.07, 6.45) is 5.72. The highest BCUT2D eigenvalue weighted by Crippen LogP contribution is 2.38. The number of carbonyl (C=O) groups excluding carboxylic acids is 1. The minimum absolute atomic E-state index is 0.186. The van der Waals surface area contributed by atoms with Gasteiger partial charge in [-0.25, -0.2) is 9.50 Å². The fourth-order valence-corrected chi connectivity index (χ4v) is 5.07. The van der Waals surface area contributed by atoms with Gasteiger partial charge in [0.25, 0.3) is 0 Å². The summed E-state index contributed by atoms with van der Waals surface area (Å²) in [6, 6.07) is 9.05. The molecule has 0 atom stereocenters. The molecule has 0 unspecified atom stereocenters. The molecule has 0 radical (unpaired) electrons. The van der Waals surface area contributed by atoms with E-state index in [1.165, 1.54) is 22.0 Å². The second kappa shape index (κ2) is 7.52. The lowest BCUT2D eigenvalue weighted by molar-refractivity contribution is -0.129. The molecule has 1 N–H and O–H groups in total. The van der Waals surface area contributed by atoms with Crippen LogP contribution in [0.2, 0.25) is 0 Å². The number of amides is 1. The Labute approximate surface area is 182 Å². The predicted molar refractivity (Wildman–Crippen MR) is 123 cm³/mol. The molecule has 0 spiro atoms. The van der Waals surface area contributed by atoms with Crippen molar-refractivity contribution in [2.75, 3.05) is 13.1 Å². The number of H-pyrrole nitrogens is 1. The van der Waals surface area contributed by atoms with Gasteiger partial charge in [0.05, 0.1) is 5.69 Å². The van der Waals surface area contributed by atoms with Crippen LogP contribution in [0.3, 0.4) is 0 Å². The number of hydrogen-bond donors (Lipinski definition) is 1. The molecule has 3 aromatic heterocycles. The lowest BCUT2D eigenvalue weighted by Gasteiger charge is -2.31. The number of pyridine rings is 1. The Hall–Kier alpha value is -3.15. The number of aromatic amines is 1. The highest BCUT2D eigenvalue weighted by molar-refractivity contribution is 5.92. The minimum Gasteiger partial charge on any atom is -0.354 e. The number of nitrogens with zero attached hydrogens (tertiary/aromatic N) is 4. The number of likely N-dealkylation sites (tertiary alicyclic amines) is 1. The Morgan fingerprint density at radius 1 is 1.19 bits per heavy atom. The van der Waals surface area contributed by atoms with E-state index in [9.17, 15) is 4.79 Å². The van der Waals surface area contributed by atoms with E-state index in [1.54, 1.807) is 13.3 Å². The Kier molecular flexibility index (Phi) is 4.80. The first-order valence-corrected chi connectivity index (χ1v) is 11.1. The summed E-state index contributed by atoms with van der Waals surface area (Å²) >= 11 is 0. The summed E-state index contributed by atoms with van der Waals surface area (Å²) < 4.78 is 1.86. The highest BCUT2D eigenvalue weighted by Gasteiger charge is 2.24. The molecular formula is C25H29N5O. The van der Waals surface area contributed by atoms with Crippen LogP contribution < -0.4 is 0 Å². The highest BCUT2D eigenvalue weighted by atomic mass is 16.2. The number of hydrogen-bond acceptors (Lipinski definition) is 3. The van der Waals surface area contributed by atoms with E-state index in [0.29, 0.717) is 11.8 Å². The summed E-state index contributed by atoms with van der Waals surface area (Å²) in [5.74, 6) is 1.07. The molecule has 0 bridgehead atoms. The molecule has 4 heterocycles. The topological polar surface area (TPSA) is 66.3 Å². The molecular weight excluding hydrogens is 386 g/mol. The molecule has 1 amide bonds. The third kappa shape index (κ3) is 3.40. The first kappa shape index (κ1) is 19.8. The van der Waals surface area contributed by atoms with Crippen LogP contribution in [0.5, 0.6) is 0 Å². The van der Waals surface area contributed by atoms with E-state index in [-0.39, 0.29) is 5.91 Å². The van der Waals surface area contributed by atoms with E-state index in [4.69, 9.17) is 0 Å². The average molecular weight is 416 g/mol. The first-order chi connectivity index (χ1) is 14.9. The molecule has 1 aromatic carbocycles. The maximum atomic E-state index is 11.7. The SMILES string of the molecule is CC(=O)N1CCC(c2ccc3[nH]c(-c4cc(C)c5ncnn5c4)c(C(C)C)c3c2)CC1. The maximum Gasteiger partial charge on any atom is 0.219 e. The Bertz CT molecular complexity index is 1270. The fourth-order valence-electron chi connectivity index (χ4n) is 5.07. The van der Waals surface area contributed by atoms with Crippen molar-refractivity contribution in [2.24, 2.45) is 0 Å². The zero-order valence-electron chi connectivity index (χ0n) is 18.6. The van der Waals surface area contributed by atoms with Crippen LogP contribution in [0.15, 0.2) is 36.8 Å². The molecule has 6 nitrogen and oxygen atoms in total. The number of fused-ring (bicyclic) bond motifs is 2. The molecule has 1 saturated heterocycles. The second-order valence-corrected chi connectivity index (χ2v) is 9.09. The Balaban J connectivity index is 1.57. The number of rotatable bonds is 3. The first-order valence-electron chi connectivity index (χ1n) is 11.1. The van der Waals surface area contributed by atoms with E-state index in [1.807, 2.05) is 9.42 Å². The molecule has 0 saturated carbocycles. The van der Waals surface area contributed by atoms with Gasteiger partial charge < -0.3 is 9.88 Å². The van der Waals surface area contributed by atoms with Crippen molar-refractivity contribution in [3.63, 3.8) is 0 Å². The van der Waals surface area contributed by atoms with Gasteiger partial charge in [-0.05, 0) is 66.5 Å². The smallest absolute Gasteiger partial charge is 0.219 e. The monoisotopic (exact) mass is 415 g/mol. The van der Waals surface area contributed by atoms with Crippen LogP contribution in [-0.4, -0.2) is 43.5 Å². The van der Waals surface area contributed by atoms with Crippen LogP contribution in [0.25, 0.3) is 27.8 Å². The zero-order chi connectivity index (χ0) is 21.7. The van der Waals surface area contributed by atoms with Crippen molar-refractivity contribution in [3.05, 3.63) is 53.5 Å². The van der Waals surface area contributed by atoms with Gasteiger partial charge in [0.1, 0.15) is 6.33 Å². The van der Waals surface area contributed by atoms with Crippen LogP contribution in [-0.2, 0) is 4.79 Å². The molecule has 1 aliphatic heterocycles. The lowest BCUT2D eigenvalue weighted by Crippen LogP contribution is -2.36. The summed E-state index contributed by atoms with van der Waals surface area (Å²) in [5, 5.41) is 5.65. The molecule has 31 heavy (non-hydrogen) atoms. The third-order valence-electron chi connectivity index (χ3n) is 6.70.